The van der Waals surface area contributed by atoms with Crippen LogP contribution < -0.4 is 0 Å². The number of hydrogen-bond donors (Lipinski definition) is 1. The van der Waals surface area contributed by atoms with Crippen LogP contribution >= 0.6 is 0 Å². The van der Waals surface area contributed by atoms with Crippen molar-refractivity contribution in [3.63, 3.8) is 0 Å². The lowest BCUT2D eigenvalue weighted by Gasteiger charge is -2.14. The van der Waals surface area contributed by atoms with Gasteiger partial charge in [0.15, 0.2) is 0 Å². The van der Waals surface area contributed by atoms with E-state index in [0.717, 1.165) is 44.6 Å². The van der Waals surface area contributed by atoms with Gasteiger partial charge in [-0.05, 0) is 25.3 Å². The first-order chi connectivity index (χ1) is 8.22. The van der Waals surface area contributed by atoms with Crippen molar-refractivity contribution in [2.75, 3.05) is 13.1 Å². The molecule has 17 heavy (non-hydrogen) atoms. The Balaban J connectivity index is 1.94. The maximum Gasteiger partial charge on any atom is 0.0764 e. The van der Waals surface area contributed by atoms with E-state index >= 15 is 0 Å². The van der Waals surface area contributed by atoms with E-state index in [9.17, 15) is 5.11 Å². The highest BCUT2D eigenvalue weighted by Gasteiger charge is 2.20. The van der Waals surface area contributed by atoms with Gasteiger partial charge in [0.05, 0.1) is 17.8 Å². The first-order valence-corrected chi connectivity index (χ1v) is 6.67. The summed E-state index contributed by atoms with van der Waals surface area (Å²) in [7, 11) is 0. The molecule has 4 nitrogen and oxygen atoms in total. The topological polar surface area (TPSA) is 41.3 Å². The van der Waals surface area contributed by atoms with Gasteiger partial charge in [-0.2, -0.15) is 5.10 Å². The van der Waals surface area contributed by atoms with Gasteiger partial charge in [0.2, 0.25) is 0 Å². The molecule has 0 spiro atoms. The maximum absolute atomic E-state index is 9.48. The SMILES string of the molecule is CCC(CC)n1ccc(CN2CC[C@@H](O)C2)n1. The van der Waals surface area contributed by atoms with E-state index < -0.39 is 0 Å². The van der Waals surface area contributed by atoms with Gasteiger partial charge in [0.25, 0.3) is 0 Å². The Morgan fingerprint density at radius 2 is 2.24 bits per heavy atom. The predicted molar refractivity (Wildman–Crippen MR) is 67.7 cm³/mol. The van der Waals surface area contributed by atoms with Crippen molar-refractivity contribution in [1.82, 2.24) is 14.7 Å². The average molecular weight is 237 g/mol. The Morgan fingerprint density at radius 3 is 2.82 bits per heavy atom. The molecule has 1 atom stereocenters. The third-order valence-corrected chi connectivity index (χ3v) is 3.61. The van der Waals surface area contributed by atoms with Crippen LogP contribution in [0.2, 0.25) is 0 Å². The van der Waals surface area contributed by atoms with Crippen molar-refractivity contribution in [3.8, 4) is 0 Å². The molecule has 1 aliphatic heterocycles. The van der Waals surface area contributed by atoms with Crippen LogP contribution in [-0.4, -0.2) is 39.0 Å². The lowest BCUT2D eigenvalue weighted by molar-refractivity contribution is 0.174. The minimum atomic E-state index is -0.142. The van der Waals surface area contributed by atoms with Crippen LogP contribution in [0.5, 0.6) is 0 Å². The molecule has 1 aromatic heterocycles. The predicted octanol–water partition coefficient (Wildman–Crippen LogP) is 1.81. The van der Waals surface area contributed by atoms with Crippen molar-refractivity contribution in [2.24, 2.45) is 0 Å². The van der Waals surface area contributed by atoms with Crippen LogP contribution in [0, 0.1) is 0 Å². The number of aliphatic hydroxyl groups excluding tert-OH is 1. The third kappa shape index (κ3) is 3.07. The smallest absolute Gasteiger partial charge is 0.0764 e. The van der Waals surface area contributed by atoms with Gasteiger partial charge >= 0.3 is 0 Å². The van der Waals surface area contributed by atoms with E-state index in [-0.39, 0.29) is 6.10 Å². The highest BCUT2D eigenvalue weighted by molar-refractivity contribution is 5.00. The van der Waals surface area contributed by atoms with Gasteiger partial charge in [0.1, 0.15) is 0 Å². The van der Waals surface area contributed by atoms with Crippen LogP contribution in [0.3, 0.4) is 0 Å². The van der Waals surface area contributed by atoms with Gasteiger partial charge in [-0.3, -0.25) is 9.58 Å². The van der Waals surface area contributed by atoms with Gasteiger partial charge in [-0.1, -0.05) is 13.8 Å². The zero-order valence-electron chi connectivity index (χ0n) is 10.8. The number of aromatic nitrogens is 2. The molecule has 0 radical (unpaired) electrons. The van der Waals surface area contributed by atoms with E-state index in [1.54, 1.807) is 0 Å². The van der Waals surface area contributed by atoms with E-state index in [1.807, 2.05) is 0 Å². The molecule has 0 saturated carbocycles. The van der Waals surface area contributed by atoms with Gasteiger partial charge in [-0.15, -0.1) is 0 Å². The summed E-state index contributed by atoms with van der Waals surface area (Å²) in [4.78, 5) is 2.27. The Kier molecular flexibility index (Phi) is 4.18. The number of hydrogen-bond acceptors (Lipinski definition) is 3. The molecule has 4 heteroatoms. The zero-order valence-corrected chi connectivity index (χ0v) is 10.8. The monoisotopic (exact) mass is 237 g/mol. The molecule has 1 fully saturated rings. The molecule has 0 bridgehead atoms. The Hall–Kier alpha value is -0.870. The van der Waals surface area contributed by atoms with E-state index in [1.165, 1.54) is 0 Å². The van der Waals surface area contributed by atoms with Gasteiger partial charge in [-0.25, -0.2) is 0 Å². The van der Waals surface area contributed by atoms with Crippen LogP contribution in [0.25, 0.3) is 0 Å². The Labute approximate surface area is 103 Å². The minimum Gasteiger partial charge on any atom is -0.392 e. The van der Waals surface area contributed by atoms with Crippen LogP contribution in [0.1, 0.15) is 44.8 Å². The minimum absolute atomic E-state index is 0.142. The molecule has 0 amide bonds. The van der Waals surface area contributed by atoms with Crippen molar-refractivity contribution >= 4 is 0 Å². The fourth-order valence-corrected chi connectivity index (χ4v) is 2.51. The van der Waals surface area contributed by atoms with Gasteiger partial charge in [0, 0.05) is 25.8 Å². The number of β-amino-alcohol motifs (C(OH)–C–C–N with tert-alkyl or cyclic N) is 1. The summed E-state index contributed by atoms with van der Waals surface area (Å²) in [6.07, 6.45) is 5.09. The summed E-state index contributed by atoms with van der Waals surface area (Å²) in [5.74, 6) is 0. The molecule has 0 aromatic carbocycles. The molecular formula is C13H23N3O. The summed E-state index contributed by atoms with van der Waals surface area (Å²) in [5, 5.41) is 14.1. The quantitative estimate of drug-likeness (QED) is 0.849. The largest absolute Gasteiger partial charge is 0.392 e. The highest BCUT2D eigenvalue weighted by atomic mass is 16.3. The van der Waals surface area contributed by atoms with Crippen LogP contribution in [-0.2, 0) is 6.54 Å². The van der Waals surface area contributed by atoms with E-state index in [4.69, 9.17) is 0 Å². The summed E-state index contributed by atoms with van der Waals surface area (Å²) < 4.78 is 2.09. The first kappa shape index (κ1) is 12.6. The van der Waals surface area contributed by atoms with E-state index in [0.29, 0.717) is 6.04 Å². The molecular weight excluding hydrogens is 214 g/mol. The number of nitrogens with zero attached hydrogens (tertiary/aromatic N) is 3. The number of aliphatic hydroxyl groups is 1. The summed E-state index contributed by atoms with van der Waals surface area (Å²) in [6.45, 7) is 7.04. The average Bonchev–Trinajstić information content (AvgIpc) is 2.91. The van der Waals surface area contributed by atoms with Crippen molar-refractivity contribution in [1.29, 1.82) is 0 Å². The number of rotatable bonds is 5. The second kappa shape index (κ2) is 5.65. The molecule has 1 aliphatic rings. The molecule has 0 aliphatic carbocycles. The normalized spacial score (nSPS) is 21.5. The van der Waals surface area contributed by atoms with Gasteiger partial charge < -0.3 is 5.11 Å². The second-order valence-electron chi connectivity index (χ2n) is 4.94. The molecule has 0 unspecified atom stereocenters. The lowest BCUT2D eigenvalue weighted by atomic mass is 10.2. The fraction of sp³-hybridized carbons (Fsp3) is 0.769. The Bertz CT molecular complexity index is 346. The summed E-state index contributed by atoms with van der Waals surface area (Å²) in [6, 6.07) is 2.62. The van der Waals surface area contributed by atoms with Crippen molar-refractivity contribution in [2.45, 2.75) is 51.8 Å². The molecule has 2 rings (SSSR count). The molecule has 2 heterocycles. The molecule has 96 valence electrons. The van der Waals surface area contributed by atoms with Crippen LogP contribution in [0.4, 0.5) is 0 Å². The third-order valence-electron chi connectivity index (χ3n) is 3.61. The summed E-state index contributed by atoms with van der Waals surface area (Å²) >= 11 is 0. The summed E-state index contributed by atoms with van der Waals surface area (Å²) in [5.41, 5.74) is 1.12. The second-order valence-corrected chi connectivity index (χ2v) is 4.94. The van der Waals surface area contributed by atoms with E-state index in [2.05, 4.69) is 40.8 Å². The van der Waals surface area contributed by atoms with Crippen molar-refractivity contribution in [3.05, 3.63) is 18.0 Å². The number of likely N-dealkylation sites (tertiary alicyclic amines) is 1. The fourth-order valence-electron chi connectivity index (χ4n) is 2.51. The molecule has 1 N–H and O–H groups in total. The first-order valence-electron chi connectivity index (χ1n) is 6.67. The standard InChI is InChI=1S/C13H23N3O/c1-3-12(4-2)16-8-5-11(14-16)9-15-7-6-13(17)10-15/h5,8,12-13,17H,3-4,6-7,9-10H2,1-2H3/t13-/m1/s1. The highest BCUT2D eigenvalue weighted by Crippen LogP contribution is 2.16. The molecule has 1 aromatic rings. The zero-order chi connectivity index (χ0) is 12.3. The molecule has 1 saturated heterocycles. The van der Waals surface area contributed by atoms with Crippen molar-refractivity contribution < 1.29 is 5.11 Å². The maximum atomic E-state index is 9.48. The Morgan fingerprint density at radius 1 is 1.47 bits per heavy atom. The van der Waals surface area contributed by atoms with Crippen LogP contribution in [0.15, 0.2) is 12.3 Å². The lowest BCUT2D eigenvalue weighted by Crippen LogP contribution is -2.22.